The van der Waals surface area contributed by atoms with Crippen LogP contribution in [0.15, 0.2) is 30.3 Å². The van der Waals surface area contributed by atoms with Gasteiger partial charge in [0, 0.05) is 18.3 Å². The number of nitrogens with one attached hydrogen (secondary N) is 1. The molecule has 4 nitrogen and oxygen atoms in total. The Balaban J connectivity index is 2.49. The third kappa shape index (κ3) is 2.59. The lowest BCUT2D eigenvalue weighted by Crippen LogP contribution is -2.03. The molecule has 0 atom stereocenters. The Morgan fingerprint density at radius 3 is 2.72 bits per heavy atom. The molecule has 0 bridgehead atoms. The lowest BCUT2D eigenvalue weighted by atomic mass is 10.2. The predicted molar refractivity (Wildman–Crippen MR) is 72.9 cm³/mol. The lowest BCUT2D eigenvalue weighted by Gasteiger charge is -2.09. The highest BCUT2D eigenvalue weighted by Gasteiger charge is 2.09. The molecule has 1 heterocycles. The zero-order valence-electron chi connectivity index (χ0n) is 10.9. The molecule has 94 valence electrons. The zero-order chi connectivity index (χ0) is 13.0. The van der Waals surface area contributed by atoms with Crippen LogP contribution >= 0.6 is 0 Å². The van der Waals surface area contributed by atoms with Gasteiger partial charge in [0.25, 0.3) is 0 Å². The van der Waals surface area contributed by atoms with Crippen LogP contribution in [0.3, 0.4) is 0 Å². The van der Waals surface area contributed by atoms with E-state index in [0.717, 1.165) is 29.4 Å². The zero-order valence-corrected chi connectivity index (χ0v) is 10.9. The van der Waals surface area contributed by atoms with Crippen molar-refractivity contribution in [3.05, 3.63) is 36.0 Å². The first-order chi connectivity index (χ1) is 8.74. The highest BCUT2D eigenvalue weighted by molar-refractivity contribution is 5.65. The number of hydrogen-bond acceptors (Lipinski definition) is 4. The number of nitrogens with zero attached hydrogens (tertiary/aromatic N) is 2. The molecule has 1 aromatic carbocycles. The molecule has 18 heavy (non-hydrogen) atoms. The molecule has 0 fully saturated rings. The summed E-state index contributed by atoms with van der Waals surface area (Å²) in [5, 5.41) is 3.20. The van der Waals surface area contributed by atoms with Crippen molar-refractivity contribution in [3.8, 4) is 17.1 Å². The molecular weight excluding hydrogens is 226 g/mol. The SMILES string of the molecule is CCNc1cc(C)nc(-c2ccccc2OC)n1. The Bertz CT molecular complexity index is 540. The molecule has 1 aromatic heterocycles. The van der Waals surface area contributed by atoms with Gasteiger partial charge >= 0.3 is 0 Å². The number of aromatic nitrogens is 2. The van der Waals surface area contributed by atoms with Crippen molar-refractivity contribution in [1.29, 1.82) is 0 Å². The molecule has 0 saturated heterocycles. The van der Waals surface area contributed by atoms with Gasteiger partial charge in [0.2, 0.25) is 0 Å². The van der Waals surface area contributed by atoms with Crippen LogP contribution < -0.4 is 10.1 Å². The van der Waals surface area contributed by atoms with Gasteiger partial charge in [0.05, 0.1) is 12.7 Å². The van der Waals surface area contributed by atoms with E-state index in [0.29, 0.717) is 5.82 Å². The number of hydrogen-bond donors (Lipinski definition) is 1. The first-order valence-electron chi connectivity index (χ1n) is 5.97. The number of anilines is 1. The first-order valence-corrected chi connectivity index (χ1v) is 5.97. The summed E-state index contributed by atoms with van der Waals surface area (Å²) in [4.78, 5) is 8.96. The summed E-state index contributed by atoms with van der Waals surface area (Å²) in [5.74, 6) is 2.31. The van der Waals surface area contributed by atoms with Gasteiger partial charge in [-0.15, -0.1) is 0 Å². The Labute approximate surface area is 107 Å². The molecule has 2 rings (SSSR count). The number of aryl methyl sites for hydroxylation is 1. The van der Waals surface area contributed by atoms with Gasteiger partial charge in [0.1, 0.15) is 11.6 Å². The smallest absolute Gasteiger partial charge is 0.165 e. The van der Waals surface area contributed by atoms with E-state index in [9.17, 15) is 0 Å². The van der Waals surface area contributed by atoms with Crippen molar-refractivity contribution in [2.24, 2.45) is 0 Å². The van der Waals surface area contributed by atoms with E-state index in [4.69, 9.17) is 4.74 Å². The van der Waals surface area contributed by atoms with E-state index >= 15 is 0 Å². The van der Waals surface area contributed by atoms with Gasteiger partial charge in [-0.2, -0.15) is 0 Å². The quantitative estimate of drug-likeness (QED) is 0.897. The average Bonchev–Trinajstić information content (AvgIpc) is 2.38. The summed E-state index contributed by atoms with van der Waals surface area (Å²) < 4.78 is 5.34. The van der Waals surface area contributed by atoms with Gasteiger partial charge in [-0.1, -0.05) is 12.1 Å². The second-order valence-electron chi connectivity index (χ2n) is 3.95. The standard InChI is InChI=1S/C14H17N3O/c1-4-15-13-9-10(2)16-14(17-13)11-7-5-6-8-12(11)18-3/h5-9H,4H2,1-3H3,(H,15,16,17). The van der Waals surface area contributed by atoms with Crippen molar-refractivity contribution in [2.45, 2.75) is 13.8 Å². The maximum Gasteiger partial charge on any atom is 0.165 e. The normalized spacial score (nSPS) is 10.2. The van der Waals surface area contributed by atoms with E-state index in [1.54, 1.807) is 7.11 Å². The number of methoxy groups -OCH3 is 1. The van der Waals surface area contributed by atoms with Gasteiger partial charge in [-0.3, -0.25) is 0 Å². The van der Waals surface area contributed by atoms with Crippen LogP contribution in [-0.2, 0) is 0 Å². The van der Waals surface area contributed by atoms with Crippen molar-refractivity contribution >= 4 is 5.82 Å². The second-order valence-corrected chi connectivity index (χ2v) is 3.95. The van der Waals surface area contributed by atoms with Crippen molar-refractivity contribution in [2.75, 3.05) is 19.0 Å². The maximum atomic E-state index is 5.34. The fourth-order valence-electron chi connectivity index (χ4n) is 1.79. The molecule has 0 aliphatic heterocycles. The van der Waals surface area contributed by atoms with E-state index in [-0.39, 0.29) is 0 Å². The van der Waals surface area contributed by atoms with Crippen LogP contribution in [0.4, 0.5) is 5.82 Å². The van der Waals surface area contributed by atoms with E-state index in [1.807, 2.05) is 44.2 Å². The first kappa shape index (κ1) is 12.4. The molecule has 0 radical (unpaired) electrons. The molecule has 2 aromatic rings. The molecular formula is C14H17N3O. The Morgan fingerprint density at radius 1 is 1.22 bits per heavy atom. The topological polar surface area (TPSA) is 47.0 Å². The third-order valence-electron chi connectivity index (χ3n) is 2.56. The average molecular weight is 243 g/mol. The summed E-state index contributed by atoms with van der Waals surface area (Å²) in [6.07, 6.45) is 0. The molecule has 1 N–H and O–H groups in total. The van der Waals surface area contributed by atoms with Crippen LogP contribution in [0.5, 0.6) is 5.75 Å². The summed E-state index contributed by atoms with van der Waals surface area (Å²) >= 11 is 0. The van der Waals surface area contributed by atoms with E-state index < -0.39 is 0 Å². The largest absolute Gasteiger partial charge is 0.496 e. The van der Waals surface area contributed by atoms with Crippen LogP contribution in [0.1, 0.15) is 12.6 Å². The minimum absolute atomic E-state index is 0.684. The van der Waals surface area contributed by atoms with Crippen LogP contribution in [0.2, 0.25) is 0 Å². The predicted octanol–water partition coefficient (Wildman–Crippen LogP) is 2.89. The van der Waals surface area contributed by atoms with Crippen molar-refractivity contribution < 1.29 is 4.74 Å². The Hall–Kier alpha value is -2.10. The lowest BCUT2D eigenvalue weighted by molar-refractivity contribution is 0.416. The van der Waals surface area contributed by atoms with E-state index in [1.165, 1.54) is 0 Å². The van der Waals surface area contributed by atoms with E-state index in [2.05, 4.69) is 15.3 Å². The number of para-hydroxylation sites is 1. The second kappa shape index (κ2) is 5.49. The summed E-state index contributed by atoms with van der Waals surface area (Å²) in [6.45, 7) is 4.84. The molecule has 0 spiro atoms. The van der Waals surface area contributed by atoms with Gasteiger partial charge in [-0.05, 0) is 26.0 Å². The maximum absolute atomic E-state index is 5.34. The fourth-order valence-corrected chi connectivity index (χ4v) is 1.79. The number of ether oxygens (including phenoxy) is 1. The molecule has 0 aliphatic rings. The Morgan fingerprint density at radius 2 is 2.00 bits per heavy atom. The molecule has 0 amide bonds. The Kier molecular flexibility index (Phi) is 3.77. The summed E-state index contributed by atoms with van der Waals surface area (Å²) in [6, 6.07) is 9.69. The third-order valence-corrected chi connectivity index (χ3v) is 2.56. The van der Waals surface area contributed by atoms with Gasteiger partial charge in [-0.25, -0.2) is 9.97 Å². The van der Waals surface area contributed by atoms with Gasteiger partial charge in [0.15, 0.2) is 5.82 Å². The minimum atomic E-state index is 0.684. The van der Waals surface area contributed by atoms with Crippen molar-refractivity contribution in [1.82, 2.24) is 9.97 Å². The number of rotatable bonds is 4. The van der Waals surface area contributed by atoms with Crippen LogP contribution in [0.25, 0.3) is 11.4 Å². The summed E-state index contributed by atoms with van der Waals surface area (Å²) in [7, 11) is 1.65. The monoisotopic (exact) mass is 243 g/mol. The molecule has 0 unspecified atom stereocenters. The fraction of sp³-hybridized carbons (Fsp3) is 0.286. The molecule has 0 saturated carbocycles. The summed E-state index contributed by atoms with van der Waals surface area (Å²) in [5.41, 5.74) is 1.84. The highest BCUT2D eigenvalue weighted by atomic mass is 16.5. The highest BCUT2D eigenvalue weighted by Crippen LogP contribution is 2.27. The molecule has 4 heteroatoms. The van der Waals surface area contributed by atoms with Crippen LogP contribution in [0, 0.1) is 6.92 Å². The molecule has 0 aliphatic carbocycles. The minimum Gasteiger partial charge on any atom is -0.496 e. The van der Waals surface area contributed by atoms with Crippen LogP contribution in [-0.4, -0.2) is 23.6 Å². The van der Waals surface area contributed by atoms with Crippen molar-refractivity contribution in [3.63, 3.8) is 0 Å². The number of benzene rings is 1. The van der Waals surface area contributed by atoms with Gasteiger partial charge < -0.3 is 10.1 Å².